The van der Waals surface area contributed by atoms with Gasteiger partial charge in [0.25, 0.3) is 11.8 Å². The Morgan fingerprint density at radius 3 is 2.57 bits per heavy atom. The number of amides is 1. The van der Waals surface area contributed by atoms with Gasteiger partial charge in [-0.2, -0.15) is 13.2 Å². The molecule has 3 aromatic rings. The number of benzene rings is 1. The van der Waals surface area contributed by atoms with Crippen molar-refractivity contribution in [2.75, 3.05) is 13.7 Å². The van der Waals surface area contributed by atoms with Gasteiger partial charge in [-0.15, -0.1) is 10.2 Å². The van der Waals surface area contributed by atoms with Crippen LogP contribution in [0, 0.1) is 0 Å². The maximum absolute atomic E-state index is 12.5. The highest BCUT2D eigenvalue weighted by atomic mass is 35.5. The molecule has 12 heteroatoms. The third-order valence-electron chi connectivity index (χ3n) is 3.69. The van der Waals surface area contributed by atoms with E-state index in [1.807, 2.05) is 0 Å². The van der Waals surface area contributed by atoms with E-state index in [4.69, 9.17) is 25.6 Å². The first-order chi connectivity index (χ1) is 14.2. The Morgan fingerprint density at radius 2 is 1.93 bits per heavy atom. The molecule has 0 saturated heterocycles. The Balaban J connectivity index is 1.83. The summed E-state index contributed by atoms with van der Waals surface area (Å²) >= 11 is 5.86. The fourth-order valence-corrected chi connectivity index (χ4v) is 2.44. The van der Waals surface area contributed by atoms with Gasteiger partial charge in [-0.3, -0.25) is 4.79 Å². The number of halogens is 4. The first-order valence-electron chi connectivity index (χ1n) is 8.36. The molecule has 2 heterocycles. The van der Waals surface area contributed by atoms with E-state index in [2.05, 4.69) is 20.7 Å². The van der Waals surface area contributed by atoms with Crippen molar-refractivity contribution in [3.05, 3.63) is 52.9 Å². The molecule has 0 atom stereocenters. The summed E-state index contributed by atoms with van der Waals surface area (Å²) in [6.07, 6.45) is -4.56. The zero-order valence-corrected chi connectivity index (χ0v) is 16.1. The molecular weight excluding hydrogens is 429 g/mol. The number of carbonyl (C=O) groups is 1. The number of methoxy groups -OCH3 is 1. The Kier molecular flexibility index (Phi) is 6.40. The van der Waals surface area contributed by atoms with E-state index in [0.29, 0.717) is 16.3 Å². The lowest BCUT2D eigenvalue weighted by molar-refractivity contribution is -0.154. The molecule has 8 nitrogen and oxygen atoms in total. The second-order valence-corrected chi connectivity index (χ2v) is 6.31. The maximum atomic E-state index is 12.5. The Hall–Kier alpha value is -3.34. The summed E-state index contributed by atoms with van der Waals surface area (Å²) in [5.74, 6) is -0.423. The van der Waals surface area contributed by atoms with Crippen LogP contribution in [0.5, 0.6) is 11.8 Å². The minimum absolute atomic E-state index is 0.0144. The van der Waals surface area contributed by atoms with Gasteiger partial charge in [0.2, 0.25) is 5.88 Å². The summed E-state index contributed by atoms with van der Waals surface area (Å²) in [4.78, 5) is 12.4. The van der Waals surface area contributed by atoms with Crippen LogP contribution < -0.4 is 14.8 Å². The maximum Gasteiger partial charge on any atom is 0.422 e. The number of rotatable bonds is 7. The molecule has 30 heavy (non-hydrogen) atoms. The van der Waals surface area contributed by atoms with Crippen molar-refractivity contribution in [3.8, 4) is 22.9 Å². The van der Waals surface area contributed by atoms with Gasteiger partial charge in [-0.25, -0.2) is 0 Å². The van der Waals surface area contributed by atoms with Gasteiger partial charge >= 0.3 is 6.18 Å². The van der Waals surface area contributed by atoms with E-state index in [1.165, 1.54) is 19.2 Å². The lowest BCUT2D eigenvalue weighted by Crippen LogP contribution is -2.24. The number of carbonyl (C=O) groups excluding carboxylic acids is 1. The molecule has 1 aromatic carbocycles. The highest BCUT2D eigenvalue weighted by molar-refractivity contribution is 6.30. The Bertz CT molecular complexity index is 1030. The summed E-state index contributed by atoms with van der Waals surface area (Å²) in [7, 11) is 1.41. The van der Waals surface area contributed by atoms with Crippen LogP contribution in [-0.4, -0.2) is 41.2 Å². The summed E-state index contributed by atoms with van der Waals surface area (Å²) in [6, 6.07) is 8.96. The van der Waals surface area contributed by atoms with Gasteiger partial charge < -0.3 is 19.3 Å². The minimum Gasteiger partial charge on any atom is -0.479 e. The quantitative estimate of drug-likeness (QED) is 0.596. The van der Waals surface area contributed by atoms with Gasteiger partial charge in [0.05, 0.1) is 13.7 Å². The van der Waals surface area contributed by atoms with Crippen LogP contribution in [0.25, 0.3) is 11.1 Å². The molecule has 158 valence electrons. The van der Waals surface area contributed by atoms with E-state index in [0.717, 1.165) is 0 Å². The van der Waals surface area contributed by atoms with Crippen molar-refractivity contribution >= 4 is 17.5 Å². The second kappa shape index (κ2) is 8.99. The second-order valence-electron chi connectivity index (χ2n) is 5.88. The van der Waals surface area contributed by atoms with Crippen molar-refractivity contribution in [2.45, 2.75) is 12.7 Å². The molecule has 0 aliphatic heterocycles. The molecule has 0 spiro atoms. The summed E-state index contributed by atoms with van der Waals surface area (Å²) in [5.41, 5.74) is 0.462. The minimum atomic E-state index is -4.56. The standard InChI is InChI=1S/C18H14ClF3N4O4/c1-28-15-6-12(30-26-15)8-23-16(27)14-7-13(10-2-4-11(19)5-3-10)17(25-24-14)29-9-18(20,21)22/h2-7H,8-9H2,1H3,(H,23,27). The normalized spacial score (nSPS) is 11.2. The topological polar surface area (TPSA) is 99.4 Å². The van der Waals surface area contributed by atoms with Gasteiger partial charge in [0.1, 0.15) is 0 Å². The zero-order chi connectivity index (χ0) is 21.7. The largest absolute Gasteiger partial charge is 0.479 e. The van der Waals surface area contributed by atoms with Crippen molar-refractivity contribution < 1.29 is 32.0 Å². The number of nitrogens with one attached hydrogen (secondary N) is 1. The Morgan fingerprint density at radius 1 is 1.20 bits per heavy atom. The monoisotopic (exact) mass is 442 g/mol. The summed E-state index contributed by atoms with van der Waals surface area (Å²) < 4.78 is 52.2. The van der Waals surface area contributed by atoms with E-state index >= 15 is 0 Å². The summed E-state index contributed by atoms with van der Waals surface area (Å²) in [6.45, 7) is -1.57. The van der Waals surface area contributed by atoms with Crippen molar-refractivity contribution in [1.82, 2.24) is 20.7 Å². The molecule has 0 fully saturated rings. The number of alkyl halides is 3. The molecule has 0 bridgehead atoms. The predicted molar refractivity (Wildman–Crippen MR) is 98.3 cm³/mol. The number of hydrogen-bond donors (Lipinski definition) is 1. The highest BCUT2D eigenvalue weighted by Gasteiger charge is 2.29. The molecule has 2 aromatic heterocycles. The first-order valence-corrected chi connectivity index (χ1v) is 8.74. The van der Waals surface area contributed by atoms with Crippen LogP contribution in [0.1, 0.15) is 16.2 Å². The van der Waals surface area contributed by atoms with Crippen LogP contribution >= 0.6 is 11.6 Å². The molecular formula is C18H14ClF3N4O4. The molecule has 0 saturated carbocycles. The lowest BCUT2D eigenvalue weighted by atomic mass is 10.1. The Labute approximate surface area is 172 Å². The predicted octanol–water partition coefficient (Wildman–Crippen LogP) is 3.66. The zero-order valence-electron chi connectivity index (χ0n) is 15.4. The van der Waals surface area contributed by atoms with Gasteiger partial charge in [0, 0.05) is 16.7 Å². The first kappa shape index (κ1) is 21.4. The van der Waals surface area contributed by atoms with E-state index < -0.39 is 18.7 Å². The molecule has 0 radical (unpaired) electrons. The van der Waals surface area contributed by atoms with Crippen molar-refractivity contribution in [3.63, 3.8) is 0 Å². The van der Waals surface area contributed by atoms with Crippen LogP contribution in [0.4, 0.5) is 13.2 Å². The third-order valence-corrected chi connectivity index (χ3v) is 3.94. The molecule has 0 aliphatic rings. The smallest absolute Gasteiger partial charge is 0.422 e. The van der Waals surface area contributed by atoms with Gasteiger partial charge in [0.15, 0.2) is 18.1 Å². The van der Waals surface area contributed by atoms with Crippen LogP contribution in [0.3, 0.4) is 0 Å². The number of aromatic nitrogens is 3. The number of ether oxygens (including phenoxy) is 2. The van der Waals surface area contributed by atoms with Crippen molar-refractivity contribution in [2.24, 2.45) is 0 Å². The van der Waals surface area contributed by atoms with Gasteiger partial charge in [-0.05, 0) is 28.9 Å². The highest BCUT2D eigenvalue weighted by Crippen LogP contribution is 2.30. The van der Waals surface area contributed by atoms with Crippen LogP contribution in [-0.2, 0) is 6.54 Å². The number of hydrogen-bond acceptors (Lipinski definition) is 7. The van der Waals surface area contributed by atoms with Crippen LogP contribution in [0.2, 0.25) is 5.02 Å². The average Bonchev–Trinajstić information content (AvgIpc) is 3.18. The van der Waals surface area contributed by atoms with Crippen molar-refractivity contribution in [1.29, 1.82) is 0 Å². The molecule has 0 aliphatic carbocycles. The fraction of sp³-hybridized carbons (Fsp3) is 0.222. The van der Waals surface area contributed by atoms with Gasteiger partial charge in [-0.1, -0.05) is 23.7 Å². The number of nitrogens with zero attached hydrogens (tertiary/aromatic N) is 3. The third kappa shape index (κ3) is 5.60. The fourth-order valence-electron chi connectivity index (χ4n) is 2.32. The molecule has 3 rings (SSSR count). The van der Waals surface area contributed by atoms with E-state index in [9.17, 15) is 18.0 Å². The van der Waals surface area contributed by atoms with E-state index in [1.54, 1.807) is 24.3 Å². The average molecular weight is 443 g/mol. The molecule has 1 amide bonds. The molecule has 1 N–H and O–H groups in total. The van der Waals surface area contributed by atoms with Crippen LogP contribution in [0.15, 0.2) is 40.9 Å². The molecule has 0 unspecified atom stereocenters. The SMILES string of the molecule is COc1cc(CNC(=O)c2cc(-c3ccc(Cl)cc3)c(OCC(F)(F)F)nn2)on1. The van der Waals surface area contributed by atoms with E-state index in [-0.39, 0.29) is 29.6 Å². The lowest BCUT2D eigenvalue weighted by Gasteiger charge is -2.13. The summed E-state index contributed by atoms with van der Waals surface area (Å²) in [5, 5.41) is 13.9.